The van der Waals surface area contributed by atoms with Crippen molar-refractivity contribution in [2.45, 2.75) is 58.9 Å². The molecule has 0 radical (unpaired) electrons. The van der Waals surface area contributed by atoms with Gasteiger partial charge in [0, 0.05) is 0 Å². The van der Waals surface area contributed by atoms with Gasteiger partial charge in [0.1, 0.15) is 0 Å². The Hall–Kier alpha value is -0.412. The first-order valence-electron chi connectivity index (χ1n) is 8.45. The molecule has 2 nitrogen and oxygen atoms in total. The second-order valence-corrected chi connectivity index (χ2v) is 31.6. The van der Waals surface area contributed by atoms with Crippen molar-refractivity contribution in [3.05, 3.63) is 41.3 Å². The lowest BCUT2D eigenvalue weighted by Gasteiger charge is -2.38. The van der Waals surface area contributed by atoms with Crippen molar-refractivity contribution in [3.63, 3.8) is 0 Å². The first kappa shape index (κ1) is 20.6. The standard InChI is InChI=1S/C17H34O2Si4/c1-20(19-23(8,9)22(5,6)7)17(18-21(2,3)4)15-16-13-11-10-12-14-16/h10-15,20H,1-9H3. The van der Waals surface area contributed by atoms with Crippen LogP contribution in [0.4, 0.5) is 0 Å². The molecule has 23 heavy (non-hydrogen) atoms. The summed E-state index contributed by atoms with van der Waals surface area (Å²) in [6.07, 6.45) is 2.21. The molecule has 130 valence electrons. The predicted molar refractivity (Wildman–Crippen MR) is 114 cm³/mol. The lowest BCUT2D eigenvalue weighted by molar-refractivity contribution is 0.438. The number of rotatable bonds is 7. The van der Waals surface area contributed by atoms with E-state index in [1.807, 2.05) is 0 Å². The Labute approximate surface area is 147 Å². The molecule has 1 atom stereocenters. The highest BCUT2D eigenvalue weighted by Gasteiger charge is 2.40. The van der Waals surface area contributed by atoms with Gasteiger partial charge in [0.15, 0.2) is 7.83 Å². The first-order valence-corrected chi connectivity index (χ1v) is 21.5. The van der Waals surface area contributed by atoms with Crippen LogP contribution in [0.15, 0.2) is 35.7 Å². The normalized spacial score (nSPS) is 15.4. The summed E-state index contributed by atoms with van der Waals surface area (Å²) in [5, 5.41) is 1.12. The van der Waals surface area contributed by atoms with Crippen LogP contribution in [0.1, 0.15) is 5.56 Å². The maximum Gasteiger partial charge on any atom is 0.241 e. The third-order valence-electron chi connectivity index (χ3n) is 4.21. The number of benzene rings is 1. The Bertz CT molecular complexity index is 528. The Morgan fingerprint density at radius 3 is 1.87 bits per heavy atom. The maximum absolute atomic E-state index is 6.75. The van der Waals surface area contributed by atoms with Gasteiger partial charge in [-0.05, 0) is 50.9 Å². The van der Waals surface area contributed by atoms with Crippen LogP contribution >= 0.6 is 0 Å². The van der Waals surface area contributed by atoms with E-state index in [1.54, 1.807) is 0 Å². The second kappa shape index (κ2) is 7.65. The molecule has 0 N–H and O–H groups in total. The van der Waals surface area contributed by atoms with Gasteiger partial charge in [0.25, 0.3) is 0 Å². The van der Waals surface area contributed by atoms with E-state index in [9.17, 15) is 0 Å². The van der Waals surface area contributed by atoms with E-state index in [0.29, 0.717) is 0 Å². The summed E-state index contributed by atoms with van der Waals surface area (Å²) in [7, 11) is -6.08. The maximum atomic E-state index is 6.75. The zero-order chi connectivity index (χ0) is 17.9. The van der Waals surface area contributed by atoms with Crippen molar-refractivity contribution in [2.75, 3.05) is 0 Å². The van der Waals surface area contributed by atoms with E-state index in [4.69, 9.17) is 8.54 Å². The minimum absolute atomic E-state index is 1.12. The molecule has 0 saturated heterocycles. The lowest BCUT2D eigenvalue weighted by atomic mass is 10.2. The molecule has 0 saturated carbocycles. The first-order chi connectivity index (χ1) is 10.3. The molecule has 0 heterocycles. The molecule has 0 aliphatic rings. The summed E-state index contributed by atoms with van der Waals surface area (Å²) in [5.41, 5.74) is 1.20. The summed E-state index contributed by atoms with van der Waals surface area (Å²) < 4.78 is 13.2. The van der Waals surface area contributed by atoms with Gasteiger partial charge >= 0.3 is 0 Å². The average Bonchev–Trinajstić information content (AvgIpc) is 2.35. The molecule has 0 bridgehead atoms. The summed E-state index contributed by atoms with van der Waals surface area (Å²) in [6.45, 7) is 21.1. The van der Waals surface area contributed by atoms with E-state index >= 15 is 0 Å². The van der Waals surface area contributed by atoms with E-state index in [2.05, 4.69) is 95.3 Å². The Balaban J connectivity index is 3.08. The molecule has 0 amide bonds. The number of hydrogen-bond acceptors (Lipinski definition) is 2. The third kappa shape index (κ3) is 6.92. The van der Waals surface area contributed by atoms with Crippen LogP contribution in [-0.2, 0) is 8.54 Å². The van der Waals surface area contributed by atoms with Crippen LogP contribution in [0.25, 0.3) is 6.08 Å². The zero-order valence-electron chi connectivity index (χ0n) is 16.4. The predicted octanol–water partition coefficient (Wildman–Crippen LogP) is 5.41. The van der Waals surface area contributed by atoms with Crippen molar-refractivity contribution in [2.24, 2.45) is 0 Å². The molecule has 0 aliphatic heterocycles. The summed E-state index contributed by atoms with van der Waals surface area (Å²) >= 11 is 0. The third-order valence-corrected chi connectivity index (χ3v) is 25.7. The van der Waals surface area contributed by atoms with Crippen LogP contribution in [-0.4, -0.2) is 32.8 Å². The van der Waals surface area contributed by atoms with Gasteiger partial charge < -0.3 is 8.54 Å². The fourth-order valence-electron chi connectivity index (χ4n) is 1.97. The highest BCUT2D eigenvalue weighted by atomic mass is 29.3. The molecule has 1 aromatic carbocycles. The van der Waals surface area contributed by atoms with E-state index in [0.717, 1.165) is 5.38 Å². The van der Waals surface area contributed by atoms with Crippen molar-refractivity contribution >= 4 is 38.9 Å². The highest BCUT2D eigenvalue weighted by molar-refractivity contribution is 7.38. The van der Waals surface area contributed by atoms with Gasteiger partial charge in [0.2, 0.25) is 17.4 Å². The summed E-state index contributed by atoms with van der Waals surface area (Å²) in [6, 6.07) is 10.5. The van der Waals surface area contributed by atoms with Crippen molar-refractivity contribution < 1.29 is 8.54 Å². The van der Waals surface area contributed by atoms with Crippen molar-refractivity contribution in [1.29, 1.82) is 0 Å². The Kier molecular flexibility index (Phi) is 6.86. The van der Waals surface area contributed by atoms with Gasteiger partial charge in [-0.2, -0.15) is 0 Å². The molecule has 6 heteroatoms. The monoisotopic (exact) mass is 382 g/mol. The SMILES string of the molecule is C[SiH](O[Si](C)(C)[Si](C)(C)C)C(=Cc1ccccc1)O[Si](C)(C)C. The molecule has 0 aliphatic carbocycles. The number of hydrogen-bond donors (Lipinski definition) is 0. The molecule has 1 unspecified atom stereocenters. The molecule has 0 aromatic heterocycles. The second-order valence-electron chi connectivity index (χ2n) is 8.69. The van der Waals surface area contributed by atoms with Gasteiger partial charge in [0.05, 0.1) is 13.0 Å². The van der Waals surface area contributed by atoms with Crippen LogP contribution in [0, 0.1) is 0 Å². The highest BCUT2D eigenvalue weighted by Crippen LogP contribution is 2.25. The lowest BCUT2D eigenvalue weighted by Crippen LogP contribution is -2.57. The fourth-order valence-corrected chi connectivity index (χ4v) is 15.1. The molecular formula is C17H34O2Si4. The minimum Gasteiger partial charge on any atom is -0.549 e. The van der Waals surface area contributed by atoms with Gasteiger partial charge in [-0.1, -0.05) is 50.0 Å². The van der Waals surface area contributed by atoms with Gasteiger partial charge in [-0.3, -0.25) is 0 Å². The van der Waals surface area contributed by atoms with Gasteiger partial charge in [-0.25, -0.2) is 0 Å². The van der Waals surface area contributed by atoms with E-state index in [1.165, 1.54) is 5.56 Å². The van der Waals surface area contributed by atoms with Crippen molar-refractivity contribution in [3.8, 4) is 0 Å². The van der Waals surface area contributed by atoms with E-state index < -0.39 is 32.8 Å². The van der Waals surface area contributed by atoms with Gasteiger partial charge in [-0.15, -0.1) is 0 Å². The van der Waals surface area contributed by atoms with Crippen LogP contribution < -0.4 is 0 Å². The molecule has 1 aromatic rings. The molecule has 0 fully saturated rings. The summed E-state index contributed by atoms with van der Waals surface area (Å²) in [4.78, 5) is 0. The Morgan fingerprint density at radius 1 is 0.913 bits per heavy atom. The van der Waals surface area contributed by atoms with Crippen LogP contribution in [0.2, 0.25) is 58.9 Å². The fraction of sp³-hybridized carbons (Fsp3) is 0.529. The average molecular weight is 383 g/mol. The summed E-state index contributed by atoms with van der Waals surface area (Å²) in [5.74, 6) is 0. The Morgan fingerprint density at radius 2 is 1.43 bits per heavy atom. The topological polar surface area (TPSA) is 18.5 Å². The largest absolute Gasteiger partial charge is 0.549 e. The minimum atomic E-state index is -1.64. The van der Waals surface area contributed by atoms with Crippen LogP contribution in [0.3, 0.4) is 0 Å². The molecule has 0 spiro atoms. The van der Waals surface area contributed by atoms with E-state index in [-0.39, 0.29) is 0 Å². The molecule has 1 rings (SSSR count). The smallest absolute Gasteiger partial charge is 0.241 e. The van der Waals surface area contributed by atoms with Crippen molar-refractivity contribution in [1.82, 2.24) is 0 Å². The quantitative estimate of drug-likeness (QED) is 0.463. The zero-order valence-corrected chi connectivity index (χ0v) is 20.5. The van der Waals surface area contributed by atoms with Crippen LogP contribution in [0.5, 0.6) is 0 Å². The molecular weight excluding hydrogens is 349 g/mol.